The first-order valence-corrected chi connectivity index (χ1v) is 8.50. The zero-order chi connectivity index (χ0) is 18.7. The Balaban J connectivity index is 1.80. The first-order valence-electron chi connectivity index (χ1n) is 8.09. The molecule has 3 rings (SSSR count). The summed E-state index contributed by atoms with van der Waals surface area (Å²) in [5.41, 5.74) is 1.42. The number of ether oxygens (including phenoxy) is 1. The molecule has 0 spiro atoms. The molecule has 7 nitrogen and oxygen atoms in total. The Morgan fingerprint density at radius 3 is 2.88 bits per heavy atom. The quantitative estimate of drug-likeness (QED) is 0.600. The number of hydrogen-bond donors (Lipinski definition) is 3. The second-order valence-electron chi connectivity index (χ2n) is 5.99. The Morgan fingerprint density at radius 2 is 2.12 bits per heavy atom. The fraction of sp³-hybridized carbons (Fsp3) is 0.222. The Hall–Kier alpha value is -3.00. The molecule has 0 bridgehead atoms. The molecule has 2 heterocycles. The molecule has 0 aliphatic heterocycles. The predicted molar refractivity (Wildman–Crippen MR) is 101 cm³/mol. The number of nitrogens with zero attached hydrogens (tertiary/aromatic N) is 1. The number of benzene rings is 1. The lowest BCUT2D eigenvalue weighted by Gasteiger charge is -2.13. The summed E-state index contributed by atoms with van der Waals surface area (Å²) < 4.78 is 5.86. The second-order valence-corrected chi connectivity index (χ2v) is 6.39. The molecule has 3 N–H and O–H groups in total. The van der Waals surface area contributed by atoms with Gasteiger partial charge in [0.1, 0.15) is 0 Å². The minimum Gasteiger partial charge on any atom is -0.475 e. The SMILES string of the molecule is CC(C)Oc1ncccc1CNC(=O)c1ccc2c(=O)[nH]c(=S)[nH]c2c1. The van der Waals surface area contributed by atoms with Gasteiger partial charge >= 0.3 is 0 Å². The minimum atomic E-state index is -0.290. The van der Waals surface area contributed by atoms with E-state index in [0.29, 0.717) is 22.3 Å². The predicted octanol–water partition coefficient (Wildman–Crippen LogP) is 2.70. The van der Waals surface area contributed by atoms with E-state index in [0.717, 1.165) is 5.56 Å². The first-order chi connectivity index (χ1) is 12.4. The lowest BCUT2D eigenvalue weighted by atomic mass is 10.1. The average Bonchev–Trinajstić information content (AvgIpc) is 2.59. The van der Waals surface area contributed by atoms with Crippen molar-refractivity contribution < 1.29 is 9.53 Å². The highest BCUT2D eigenvalue weighted by Crippen LogP contribution is 2.16. The lowest BCUT2D eigenvalue weighted by Crippen LogP contribution is -2.24. The van der Waals surface area contributed by atoms with Crippen molar-refractivity contribution in [2.45, 2.75) is 26.5 Å². The molecule has 0 unspecified atom stereocenters. The van der Waals surface area contributed by atoms with Crippen molar-refractivity contribution in [1.29, 1.82) is 0 Å². The summed E-state index contributed by atoms with van der Waals surface area (Å²) in [7, 11) is 0. The Labute approximate surface area is 154 Å². The number of nitrogens with one attached hydrogen (secondary N) is 3. The van der Waals surface area contributed by atoms with Gasteiger partial charge in [-0.2, -0.15) is 0 Å². The summed E-state index contributed by atoms with van der Waals surface area (Å²) >= 11 is 4.97. The number of pyridine rings is 1. The molecule has 0 fully saturated rings. The summed E-state index contributed by atoms with van der Waals surface area (Å²) in [5.74, 6) is 0.225. The van der Waals surface area contributed by atoms with Crippen LogP contribution in [-0.4, -0.2) is 27.0 Å². The van der Waals surface area contributed by atoms with Crippen LogP contribution in [0.15, 0.2) is 41.3 Å². The molecule has 0 atom stereocenters. The third-order valence-electron chi connectivity index (χ3n) is 3.64. The van der Waals surface area contributed by atoms with Crippen LogP contribution in [0.5, 0.6) is 5.88 Å². The van der Waals surface area contributed by atoms with Gasteiger partial charge in [-0.05, 0) is 50.3 Å². The van der Waals surface area contributed by atoms with Gasteiger partial charge in [-0.1, -0.05) is 6.07 Å². The van der Waals surface area contributed by atoms with Crippen LogP contribution in [0.2, 0.25) is 0 Å². The third-order valence-corrected chi connectivity index (χ3v) is 3.84. The van der Waals surface area contributed by atoms with Gasteiger partial charge in [0.2, 0.25) is 5.88 Å². The highest BCUT2D eigenvalue weighted by molar-refractivity contribution is 7.71. The summed E-state index contributed by atoms with van der Waals surface area (Å²) in [6, 6.07) is 8.42. The Bertz CT molecular complexity index is 1070. The molecular weight excluding hydrogens is 352 g/mol. The standard InChI is InChI=1S/C18H18N4O3S/c1-10(2)25-17-12(4-3-7-19-17)9-20-15(23)11-5-6-13-14(8-11)21-18(26)22-16(13)24/h3-8,10H,9H2,1-2H3,(H,20,23)(H2,21,22,24,26). The van der Waals surface area contributed by atoms with Crippen LogP contribution < -0.4 is 15.6 Å². The zero-order valence-electron chi connectivity index (χ0n) is 14.3. The largest absolute Gasteiger partial charge is 0.475 e. The maximum absolute atomic E-state index is 12.5. The molecular formula is C18H18N4O3S. The normalized spacial score (nSPS) is 10.9. The zero-order valence-corrected chi connectivity index (χ0v) is 15.1. The number of carbonyl (C=O) groups is 1. The van der Waals surface area contributed by atoms with Crippen molar-refractivity contribution >= 4 is 29.0 Å². The van der Waals surface area contributed by atoms with E-state index in [1.54, 1.807) is 30.5 Å². The maximum atomic E-state index is 12.5. The molecule has 1 amide bonds. The average molecular weight is 370 g/mol. The third kappa shape index (κ3) is 3.97. The maximum Gasteiger partial charge on any atom is 0.259 e. The van der Waals surface area contributed by atoms with Crippen molar-refractivity contribution in [3.63, 3.8) is 0 Å². The molecule has 26 heavy (non-hydrogen) atoms. The van der Waals surface area contributed by atoms with E-state index in [2.05, 4.69) is 20.3 Å². The van der Waals surface area contributed by atoms with E-state index in [9.17, 15) is 9.59 Å². The molecule has 1 aromatic carbocycles. The highest BCUT2D eigenvalue weighted by Gasteiger charge is 2.11. The van der Waals surface area contributed by atoms with Gasteiger partial charge < -0.3 is 15.0 Å². The van der Waals surface area contributed by atoms with E-state index >= 15 is 0 Å². The van der Waals surface area contributed by atoms with Crippen LogP contribution in [0.1, 0.15) is 29.8 Å². The van der Waals surface area contributed by atoms with Crippen molar-refractivity contribution in [3.8, 4) is 5.88 Å². The fourth-order valence-corrected chi connectivity index (χ4v) is 2.68. The van der Waals surface area contributed by atoms with Crippen LogP contribution in [0.3, 0.4) is 0 Å². The number of carbonyl (C=O) groups excluding carboxylic acids is 1. The van der Waals surface area contributed by atoms with Crippen molar-refractivity contribution in [3.05, 3.63) is 62.8 Å². The number of aromatic amines is 2. The lowest BCUT2D eigenvalue weighted by molar-refractivity contribution is 0.0950. The molecule has 0 saturated carbocycles. The van der Waals surface area contributed by atoms with E-state index < -0.39 is 0 Å². The molecule has 8 heteroatoms. The number of hydrogen-bond acceptors (Lipinski definition) is 5. The van der Waals surface area contributed by atoms with E-state index in [-0.39, 0.29) is 28.9 Å². The van der Waals surface area contributed by atoms with Gasteiger partial charge in [0.15, 0.2) is 4.77 Å². The molecule has 2 aromatic heterocycles. The molecule has 0 radical (unpaired) electrons. The summed E-state index contributed by atoms with van der Waals surface area (Å²) in [5, 5.41) is 3.28. The van der Waals surface area contributed by atoms with Gasteiger partial charge in [-0.15, -0.1) is 0 Å². The number of amides is 1. The van der Waals surface area contributed by atoms with Crippen LogP contribution in [0.4, 0.5) is 0 Å². The van der Waals surface area contributed by atoms with Gasteiger partial charge in [0.25, 0.3) is 11.5 Å². The first kappa shape index (κ1) is 17.8. The van der Waals surface area contributed by atoms with Crippen molar-refractivity contribution in [1.82, 2.24) is 20.3 Å². The van der Waals surface area contributed by atoms with Crippen LogP contribution in [0, 0.1) is 4.77 Å². The molecule has 3 aromatic rings. The van der Waals surface area contributed by atoms with Gasteiger partial charge in [0.05, 0.1) is 17.0 Å². The van der Waals surface area contributed by atoms with E-state index in [1.165, 1.54) is 0 Å². The van der Waals surface area contributed by atoms with Crippen molar-refractivity contribution in [2.24, 2.45) is 0 Å². The fourth-order valence-electron chi connectivity index (χ4n) is 2.48. The van der Waals surface area contributed by atoms with Gasteiger partial charge in [-0.25, -0.2) is 4.98 Å². The van der Waals surface area contributed by atoms with Crippen LogP contribution in [-0.2, 0) is 6.54 Å². The van der Waals surface area contributed by atoms with Crippen LogP contribution in [0.25, 0.3) is 10.9 Å². The number of H-pyrrole nitrogens is 2. The van der Waals surface area contributed by atoms with E-state index in [1.807, 2.05) is 19.9 Å². The van der Waals surface area contributed by atoms with E-state index in [4.69, 9.17) is 17.0 Å². The summed E-state index contributed by atoms with van der Waals surface area (Å²) in [6.45, 7) is 4.10. The summed E-state index contributed by atoms with van der Waals surface area (Å²) in [6.07, 6.45) is 1.63. The van der Waals surface area contributed by atoms with Crippen molar-refractivity contribution in [2.75, 3.05) is 0 Å². The topological polar surface area (TPSA) is 99.9 Å². The monoisotopic (exact) mass is 370 g/mol. The molecule has 0 saturated heterocycles. The highest BCUT2D eigenvalue weighted by atomic mass is 32.1. The minimum absolute atomic E-state index is 0.0129. The smallest absolute Gasteiger partial charge is 0.259 e. The number of rotatable bonds is 5. The van der Waals surface area contributed by atoms with Crippen LogP contribution >= 0.6 is 12.2 Å². The second kappa shape index (κ2) is 7.49. The van der Waals surface area contributed by atoms with Gasteiger partial charge in [-0.3, -0.25) is 14.6 Å². The molecule has 0 aliphatic rings. The Kier molecular flexibility index (Phi) is 5.13. The van der Waals surface area contributed by atoms with Gasteiger partial charge in [0, 0.05) is 23.9 Å². The number of fused-ring (bicyclic) bond motifs is 1. The molecule has 0 aliphatic carbocycles. The summed E-state index contributed by atoms with van der Waals surface area (Å²) in [4.78, 5) is 33.9. The Morgan fingerprint density at radius 1 is 1.31 bits per heavy atom. The molecule has 134 valence electrons. The number of aromatic nitrogens is 3.